The number of pyridine rings is 1. The number of anilines is 1. The molecule has 0 spiro atoms. The standard InChI is InChI=1S/C19H23N3O3/c1-21-11-6-10-16(18(21)24)20-19(25)22-12-5-9-15(22)13-17(23)14-7-3-2-4-8-14/h2-4,6-8,10-11,15,17,23H,5,9,12-13H2,1H3,(H,20,25). The maximum Gasteiger partial charge on any atom is 0.322 e. The molecule has 0 saturated carbocycles. The smallest absolute Gasteiger partial charge is 0.322 e. The average Bonchev–Trinajstić information content (AvgIpc) is 3.08. The van der Waals surface area contributed by atoms with Crippen LogP contribution in [0.4, 0.5) is 10.5 Å². The highest BCUT2D eigenvalue weighted by atomic mass is 16.3. The third-order valence-electron chi connectivity index (χ3n) is 4.68. The Labute approximate surface area is 146 Å². The Morgan fingerprint density at radius 3 is 2.80 bits per heavy atom. The number of hydrogen-bond acceptors (Lipinski definition) is 3. The van der Waals surface area contributed by atoms with Crippen molar-refractivity contribution in [3.8, 4) is 0 Å². The van der Waals surface area contributed by atoms with E-state index in [1.54, 1.807) is 30.3 Å². The van der Waals surface area contributed by atoms with Gasteiger partial charge in [0, 0.05) is 25.8 Å². The molecule has 132 valence electrons. The first-order valence-electron chi connectivity index (χ1n) is 8.52. The summed E-state index contributed by atoms with van der Waals surface area (Å²) < 4.78 is 1.43. The molecule has 1 aromatic carbocycles. The molecule has 2 N–H and O–H groups in total. The van der Waals surface area contributed by atoms with Gasteiger partial charge >= 0.3 is 6.03 Å². The molecule has 2 atom stereocenters. The minimum absolute atomic E-state index is 0.0391. The van der Waals surface area contributed by atoms with Crippen LogP contribution in [0.5, 0.6) is 0 Å². The average molecular weight is 341 g/mol. The molecule has 0 bridgehead atoms. The Morgan fingerprint density at radius 1 is 1.28 bits per heavy atom. The first kappa shape index (κ1) is 17.2. The lowest BCUT2D eigenvalue weighted by Gasteiger charge is -2.27. The van der Waals surface area contributed by atoms with Crippen molar-refractivity contribution in [1.82, 2.24) is 9.47 Å². The number of aliphatic hydroxyl groups is 1. The van der Waals surface area contributed by atoms with Crippen LogP contribution in [0.2, 0.25) is 0 Å². The number of carbonyl (C=O) groups excluding carboxylic acids is 1. The number of aliphatic hydroxyl groups excluding tert-OH is 1. The van der Waals surface area contributed by atoms with E-state index in [4.69, 9.17) is 0 Å². The van der Waals surface area contributed by atoms with Crippen molar-refractivity contribution in [2.75, 3.05) is 11.9 Å². The third-order valence-corrected chi connectivity index (χ3v) is 4.68. The summed E-state index contributed by atoms with van der Waals surface area (Å²) in [5.41, 5.74) is 0.881. The Bertz CT molecular complexity index is 788. The van der Waals surface area contributed by atoms with Gasteiger partial charge in [-0.15, -0.1) is 0 Å². The molecular weight excluding hydrogens is 318 g/mol. The predicted molar refractivity (Wildman–Crippen MR) is 96.4 cm³/mol. The van der Waals surface area contributed by atoms with Gasteiger partial charge in [0.15, 0.2) is 0 Å². The van der Waals surface area contributed by atoms with E-state index in [0.29, 0.717) is 13.0 Å². The molecule has 1 saturated heterocycles. The molecule has 25 heavy (non-hydrogen) atoms. The number of aromatic nitrogens is 1. The zero-order valence-electron chi connectivity index (χ0n) is 14.3. The fourth-order valence-corrected chi connectivity index (χ4v) is 3.30. The molecule has 0 radical (unpaired) electrons. The van der Waals surface area contributed by atoms with Gasteiger partial charge in [0.1, 0.15) is 5.69 Å². The second-order valence-corrected chi connectivity index (χ2v) is 6.42. The molecule has 1 aromatic heterocycles. The number of aryl methyl sites for hydroxylation is 1. The quantitative estimate of drug-likeness (QED) is 0.897. The van der Waals surface area contributed by atoms with E-state index in [0.717, 1.165) is 18.4 Å². The maximum atomic E-state index is 12.6. The minimum Gasteiger partial charge on any atom is -0.388 e. The van der Waals surface area contributed by atoms with Crippen molar-refractivity contribution >= 4 is 11.7 Å². The molecule has 2 unspecified atom stereocenters. The van der Waals surface area contributed by atoms with Crippen LogP contribution in [-0.4, -0.2) is 33.2 Å². The van der Waals surface area contributed by atoms with Crippen molar-refractivity contribution < 1.29 is 9.90 Å². The van der Waals surface area contributed by atoms with E-state index in [-0.39, 0.29) is 23.3 Å². The Hall–Kier alpha value is -2.60. The minimum atomic E-state index is -0.607. The van der Waals surface area contributed by atoms with Gasteiger partial charge in [0.05, 0.1) is 6.10 Å². The predicted octanol–water partition coefficient (Wildman–Crippen LogP) is 2.51. The summed E-state index contributed by atoms with van der Waals surface area (Å²) >= 11 is 0. The summed E-state index contributed by atoms with van der Waals surface area (Å²) in [4.78, 5) is 26.4. The number of amides is 2. The molecule has 1 fully saturated rings. The maximum absolute atomic E-state index is 12.6. The summed E-state index contributed by atoms with van der Waals surface area (Å²) in [5, 5.41) is 13.1. The molecular formula is C19H23N3O3. The Balaban J connectivity index is 1.67. The number of benzene rings is 1. The molecule has 2 amide bonds. The number of hydrogen-bond donors (Lipinski definition) is 2. The summed E-state index contributed by atoms with van der Waals surface area (Å²) in [6.45, 7) is 0.630. The van der Waals surface area contributed by atoms with Gasteiger partial charge in [0.2, 0.25) is 0 Å². The lowest BCUT2D eigenvalue weighted by Crippen LogP contribution is -2.40. The van der Waals surface area contributed by atoms with Crippen LogP contribution in [0.1, 0.15) is 30.9 Å². The van der Waals surface area contributed by atoms with Gasteiger partial charge < -0.3 is 19.9 Å². The molecule has 6 heteroatoms. The van der Waals surface area contributed by atoms with E-state index in [9.17, 15) is 14.7 Å². The van der Waals surface area contributed by atoms with Crippen molar-refractivity contribution in [2.45, 2.75) is 31.4 Å². The monoisotopic (exact) mass is 341 g/mol. The van der Waals surface area contributed by atoms with Gasteiger partial charge in [-0.05, 0) is 37.0 Å². The molecule has 6 nitrogen and oxygen atoms in total. The SMILES string of the molecule is Cn1cccc(NC(=O)N2CCCC2CC(O)c2ccccc2)c1=O. The summed E-state index contributed by atoms with van der Waals surface area (Å²) in [6, 6.07) is 12.5. The number of rotatable bonds is 4. The van der Waals surface area contributed by atoms with E-state index < -0.39 is 6.10 Å². The first-order valence-corrected chi connectivity index (χ1v) is 8.52. The van der Waals surface area contributed by atoms with E-state index in [1.807, 2.05) is 30.3 Å². The zero-order valence-corrected chi connectivity index (χ0v) is 14.3. The highest BCUT2D eigenvalue weighted by Gasteiger charge is 2.31. The highest BCUT2D eigenvalue weighted by molar-refractivity contribution is 5.89. The highest BCUT2D eigenvalue weighted by Crippen LogP contribution is 2.27. The van der Waals surface area contributed by atoms with Crippen LogP contribution in [0.3, 0.4) is 0 Å². The van der Waals surface area contributed by atoms with Crippen molar-refractivity contribution in [1.29, 1.82) is 0 Å². The van der Waals surface area contributed by atoms with Gasteiger partial charge in [-0.2, -0.15) is 0 Å². The molecule has 0 aliphatic carbocycles. The van der Waals surface area contributed by atoms with Crippen molar-refractivity contribution in [2.24, 2.45) is 7.05 Å². The van der Waals surface area contributed by atoms with Crippen LogP contribution < -0.4 is 10.9 Å². The van der Waals surface area contributed by atoms with E-state index in [1.165, 1.54) is 4.57 Å². The van der Waals surface area contributed by atoms with Crippen molar-refractivity contribution in [3.05, 3.63) is 64.6 Å². The lowest BCUT2D eigenvalue weighted by atomic mass is 10.0. The molecule has 2 heterocycles. The number of urea groups is 1. The molecule has 3 rings (SSSR count). The van der Waals surface area contributed by atoms with Gasteiger partial charge in [-0.25, -0.2) is 4.79 Å². The molecule has 1 aliphatic heterocycles. The third kappa shape index (κ3) is 3.91. The normalized spacial score (nSPS) is 18.2. The van der Waals surface area contributed by atoms with Crippen molar-refractivity contribution in [3.63, 3.8) is 0 Å². The summed E-state index contributed by atoms with van der Waals surface area (Å²) in [5.74, 6) is 0. The van der Waals surface area contributed by atoms with Crippen LogP contribution in [0.15, 0.2) is 53.5 Å². The number of likely N-dealkylation sites (tertiary alicyclic amines) is 1. The second-order valence-electron chi connectivity index (χ2n) is 6.42. The van der Waals surface area contributed by atoms with Crippen LogP contribution in [0.25, 0.3) is 0 Å². The first-order chi connectivity index (χ1) is 12.1. The van der Waals surface area contributed by atoms with Gasteiger partial charge in [0.25, 0.3) is 5.56 Å². The Kier molecular flexibility index (Phi) is 5.19. The summed E-state index contributed by atoms with van der Waals surface area (Å²) in [7, 11) is 1.65. The van der Waals surface area contributed by atoms with E-state index in [2.05, 4.69) is 5.32 Å². The van der Waals surface area contributed by atoms with Crippen LogP contribution in [0, 0.1) is 0 Å². The zero-order chi connectivity index (χ0) is 17.8. The van der Waals surface area contributed by atoms with E-state index >= 15 is 0 Å². The molecule has 1 aliphatic rings. The van der Waals surface area contributed by atoms with Crippen LogP contribution >= 0.6 is 0 Å². The lowest BCUT2D eigenvalue weighted by molar-refractivity contribution is 0.129. The Morgan fingerprint density at radius 2 is 2.04 bits per heavy atom. The largest absolute Gasteiger partial charge is 0.388 e. The van der Waals surface area contributed by atoms with Gasteiger partial charge in [-0.1, -0.05) is 30.3 Å². The number of nitrogens with zero attached hydrogens (tertiary/aromatic N) is 2. The number of nitrogens with one attached hydrogen (secondary N) is 1. The van der Waals surface area contributed by atoms with Crippen LogP contribution in [-0.2, 0) is 7.05 Å². The fourth-order valence-electron chi connectivity index (χ4n) is 3.30. The van der Waals surface area contributed by atoms with Gasteiger partial charge in [-0.3, -0.25) is 4.79 Å². The number of carbonyl (C=O) groups is 1. The summed E-state index contributed by atoms with van der Waals surface area (Å²) in [6.07, 6.45) is 3.28. The topological polar surface area (TPSA) is 74.6 Å². The second kappa shape index (κ2) is 7.53. The molecule has 2 aromatic rings. The fraction of sp³-hybridized carbons (Fsp3) is 0.368.